The van der Waals surface area contributed by atoms with Crippen LogP contribution >= 0.6 is 0 Å². The number of hydrogen-bond acceptors (Lipinski definition) is 3. The Kier molecular flexibility index (Phi) is 4.79. The zero-order chi connectivity index (χ0) is 19.6. The van der Waals surface area contributed by atoms with Gasteiger partial charge in [-0.05, 0) is 96.9 Å². The standard InChI is InChI=1S/C24H32O4.K/c1-22-6-3-12(25)9-17(22)13-10-14(13)20-16(22)4-7-23(2)21(20)15-11-18(15)24(23,28)8-5-19(26)27;/h9,13-16,18,20-21,28H,3-8,10-11H2,1-2H3,(H,26,27);. The number of allylic oxidation sites excluding steroid dienone is 1. The van der Waals surface area contributed by atoms with Crippen molar-refractivity contribution in [1.29, 1.82) is 0 Å². The number of carboxylic acids is 1. The summed E-state index contributed by atoms with van der Waals surface area (Å²) < 4.78 is 0. The van der Waals surface area contributed by atoms with Gasteiger partial charge in [-0.15, -0.1) is 0 Å². The third-order valence-corrected chi connectivity index (χ3v) is 10.6. The number of carbonyl (C=O) groups excluding carboxylic acids is 1. The molecule has 0 spiro atoms. The Hall–Kier alpha value is 0.476. The third kappa shape index (κ3) is 2.61. The molecule has 0 heterocycles. The van der Waals surface area contributed by atoms with E-state index in [1.807, 2.05) is 6.08 Å². The maximum Gasteiger partial charge on any atom is 0.303 e. The van der Waals surface area contributed by atoms with Crippen LogP contribution in [0.25, 0.3) is 0 Å². The Balaban J connectivity index is 0.00000181. The topological polar surface area (TPSA) is 74.6 Å². The average Bonchev–Trinajstić information content (AvgIpc) is 3.53. The summed E-state index contributed by atoms with van der Waals surface area (Å²) in [5.74, 6) is 3.58. The van der Waals surface area contributed by atoms with Gasteiger partial charge in [-0.3, -0.25) is 9.59 Å². The summed E-state index contributed by atoms with van der Waals surface area (Å²) in [6.07, 6.45) is 8.65. The first-order valence-electron chi connectivity index (χ1n) is 11.4. The Morgan fingerprint density at radius 2 is 1.93 bits per heavy atom. The van der Waals surface area contributed by atoms with Crippen LogP contribution < -0.4 is 0 Å². The Morgan fingerprint density at radius 1 is 1.17 bits per heavy atom. The summed E-state index contributed by atoms with van der Waals surface area (Å²) in [4.78, 5) is 23.4. The predicted molar refractivity (Wildman–Crippen MR) is 109 cm³/mol. The predicted octanol–water partition coefficient (Wildman–Crippen LogP) is 3.45. The minimum Gasteiger partial charge on any atom is -0.481 e. The van der Waals surface area contributed by atoms with Gasteiger partial charge in [0.1, 0.15) is 0 Å². The van der Waals surface area contributed by atoms with Crippen LogP contribution in [-0.4, -0.2) is 79.0 Å². The van der Waals surface area contributed by atoms with Crippen molar-refractivity contribution in [2.24, 2.45) is 52.3 Å². The van der Waals surface area contributed by atoms with Gasteiger partial charge < -0.3 is 10.2 Å². The number of carboxylic acid groups (broad SMARTS) is 1. The van der Waals surface area contributed by atoms with E-state index in [-0.39, 0.29) is 68.6 Å². The monoisotopic (exact) mass is 423 g/mol. The smallest absolute Gasteiger partial charge is 0.303 e. The normalized spacial score (nSPS) is 55.9. The quantitative estimate of drug-likeness (QED) is 0.682. The van der Waals surface area contributed by atoms with Crippen molar-refractivity contribution in [1.82, 2.24) is 0 Å². The van der Waals surface area contributed by atoms with Crippen molar-refractivity contribution in [3.63, 3.8) is 0 Å². The van der Waals surface area contributed by atoms with E-state index >= 15 is 0 Å². The Labute approximate surface area is 215 Å². The van der Waals surface area contributed by atoms with Gasteiger partial charge in [0.25, 0.3) is 0 Å². The molecule has 0 saturated heterocycles. The minimum absolute atomic E-state index is 0. The molecule has 6 aliphatic rings. The van der Waals surface area contributed by atoms with Crippen LogP contribution in [0.4, 0.5) is 0 Å². The summed E-state index contributed by atoms with van der Waals surface area (Å²) in [6.45, 7) is 4.72. The van der Waals surface area contributed by atoms with Crippen molar-refractivity contribution in [2.45, 2.75) is 70.8 Å². The number of fused-ring (bicyclic) bond motifs is 10. The van der Waals surface area contributed by atoms with Gasteiger partial charge >= 0.3 is 5.97 Å². The molecule has 0 aliphatic heterocycles. The van der Waals surface area contributed by atoms with Crippen LogP contribution in [0.5, 0.6) is 0 Å². The summed E-state index contributed by atoms with van der Waals surface area (Å²) in [7, 11) is 0. The van der Waals surface area contributed by atoms with Crippen molar-refractivity contribution < 1.29 is 19.8 Å². The first-order valence-corrected chi connectivity index (χ1v) is 11.4. The molecule has 5 heteroatoms. The van der Waals surface area contributed by atoms with Crippen molar-refractivity contribution in [2.75, 3.05) is 0 Å². The molecule has 0 aromatic rings. The molecule has 0 bridgehead atoms. The molecule has 5 saturated carbocycles. The number of aliphatic hydroxyl groups is 1. The SMILES string of the molecule is CC12CCC(=O)C=C1C1CC1C1C2CCC2(C)C1C1CC1C2(O)CCC(=O)O.[K]. The number of aliphatic carboxylic acids is 1. The average molecular weight is 424 g/mol. The number of hydrogen-bond donors (Lipinski definition) is 2. The van der Waals surface area contributed by atoms with E-state index in [9.17, 15) is 19.8 Å². The van der Waals surface area contributed by atoms with Crippen molar-refractivity contribution >= 4 is 63.1 Å². The molecule has 10 atom stereocenters. The van der Waals surface area contributed by atoms with E-state index in [1.165, 1.54) is 12.0 Å². The molecule has 0 amide bonds. The number of ketones is 1. The number of rotatable bonds is 3. The van der Waals surface area contributed by atoms with E-state index in [2.05, 4.69) is 13.8 Å². The van der Waals surface area contributed by atoms with Crippen LogP contribution in [0.2, 0.25) is 0 Å². The summed E-state index contributed by atoms with van der Waals surface area (Å²) >= 11 is 0. The Morgan fingerprint density at radius 3 is 2.66 bits per heavy atom. The van der Waals surface area contributed by atoms with Gasteiger partial charge in [-0.25, -0.2) is 0 Å². The van der Waals surface area contributed by atoms with Gasteiger partial charge in [0, 0.05) is 64.2 Å². The van der Waals surface area contributed by atoms with E-state index in [0.29, 0.717) is 60.1 Å². The van der Waals surface area contributed by atoms with E-state index < -0.39 is 11.6 Å². The van der Waals surface area contributed by atoms with Gasteiger partial charge in [0.05, 0.1) is 5.60 Å². The summed E-state index contributed by atoms with van der Waals surface area (Å²) in [5.41, 5.74) is 0.705. The summed E-state index contributed by atoms with van der Waals surface area (Å²) in [6, 6.07) is 0. The van der Waals surface area contributed by atoms with Crippen LogP contribution in [0.3, 0.4) is 0 Å². The molecule has 1 radical (unpaired) electrons. The van der Waals surface area contributed by atoms with E-state index in [0.717, 1.165) is 25.7 Å². The zero-order valence-electron chi connectivity index (χ0n) is 18.0. The second kappa shape index (κ2) is 6.51. The van der Waals surface area contributed by atoms with Crippen LogP contribution in [0, 0.1) is 52.3 Å². The van der Waals surface area contributed by atoms with Crippen LogP contribution in [0.15, 0.2) is 11.6 Å². The zero-order valence-corrected chi connectivity index (χ0v) is 21.1. The fourth-order valence-electron chi connectivity index (χ4n) is 9.28. The molecule has 153 valence electrons. The van der Waals surface area contributed by atoms with Crippen molar-refractivity contribution in [3.8, 4) is 0 Å². The molecule has 2 N–H and O–H groups in total. The van der Waals surface area contributed by atoms with Crippen LogP contribution in [-0.2, 0) is 9.59 Å². The van der Waals surface area contributed by atoms with Gasteiger partial charge in [0.2, 0.25) is 0 Å². The molecule has 0 aromatic heterocycles. The first-order chi connectivity index (χ1) is 13.2. The molecule has 0 aromatic carbocycles. The fraction of sp³-hybridized carbons (Fsp3) is 0.833. The molecule has 6 aliphatic carbocycles. The summed E-state index contributed by atoms with van der Waals surface area (Å²) in [5, 5.41) is 21.1. The second-order valence-electron chi connectivity index (χ2n) is 11.5. The largest absolute Gasteiger partial charge is 0.481 e. The molecular formula is C24H32KO4. The Bertz CT molecular complexity index is 822. The molecule has 5 fully saturated rings. The van der Waals surface area contributed by atoms with E-state index in [1.54, 1.807) is 0 Å². The molecule has 10 unspecified atom stereocenters. The maximum atomic E-state index is 12.1. The minimum atomic E-state index is -0.796. The fourth-order valence-corrected chi connectivity index (χ4v) is 9.28. The molecule has 29 heavy (non-hydrogen) atoms. The molecule has 6 rings (SSSR count). The second-order valence-corrected chi connectivity index (χ2v) is 11.5. The number of carbonyl (C=O) groups is 2. The van der Waals surface area contributed by atoms with E-state index in [4.69, 9.17) is 0 Å². The van der Waals surface area contributed by atoms with Crippen molar-refractivity contribution in [3.05, 3.63) is 11.6 Å². The van der Waals surface area contributed by atoms with Gasteiger partial charge in [-0.2, -0.15) is 0 Å². The molecular weight excluding hydrogens is 391 g/mol. The third-order valence-electron chi connectivity index (χ3n) is 10.6. The van der Waals surface area contributed by atoms with Gasteiger partial charge in [-0.1, -0.05) is 19.4 Å². The maximum absolute atomic E-state index is 12.1. The van der Waals surface area contributed by atoms with Gasteiger partial charge in [0.15, 0.2) is 5.78 Å². The van der Waals surface area contributed by atoms with Crippen LogP contribution in [0.1, 0.15) is 65.2 Å². The first kappa shape index (κ1) is 21.3. The molecule has 4 nitrogen and oxygen atoms in total.